The number of aldehydes is 1. The van der Waals surface area contributed by atoms with E-state index >= 15 is 0 Å². The Hall–Kier alpha value is -1.53. The van der Waals surface area contributed by atoms with Crippen molar-refractivity contribution in [3.05, 3.63) is 56.8 Å². The number of halogens is 5. The van der Waals surface area contributed by atoms with Gasteiger partial charge in [-0.15, -0.1) is 0 Å². The molecule has 0 fully saturated rings. The van der Waals surface area contributed by atoms with E-state index in [1.165, 1.54) is 12.1 Å². The third kappa shape index (κ3) is 3.39. The van der Waals surface area contributed by atoms with Gasteiger partial charge in [0, 0.05) is 10.5 Å². The molecule has 2 aromatic rings. The van der Waals surface area contributed by atoms with Crippen molar-refractivity contribution in [1.29, 1.82) is 0 Å². The summed E-state index contributed by atoms with van der Waals surface area (Å²) in [4.78, 5) is 11.1. The number of benzene rings is 2. The van der Waals surface area contributed by atoms with E-state index in [-0.39, 0.29) is 26.6 Å². The van der Waals surface area contributed by atoms with Gasteiger partial charge in [-0.1, -0.05) is 11.6 Å². The van der Waals surface area contributed by atoms with Crippen molar-refractivity contribution in [2.75, 3.05) is 0 Å². The lowest BCUT2D eigenvalue weighted by atomic mass is 10.1. The molecular weight excluding hydrogens is 373 g/mol. The molecule has 0 aliphatic carbocycles. The fourth-order valence-corrected chi connectivity index (χ4v) is 2.22. The maximum absolute atomic E-state index is 13.2. The van der Waals surface area contributed by atoms with Gasteiger partial charge in [-0.05, 0) is 40.2 Å². The molecule has 0 N–H and O–H groups in total. The summed E-state index contributed by atoms with van der Waals surface area (Å²) < 4.78 is 44.8. The highest BCUT2D eigenvalue weighted by atomic mass is 79.9. The minimum absolute atomic E-state index is 0.0356. The molecule has 0 heterocycles. The van der Waals surface area contributed by atoms with Crippen LogP contribution in [0.25, 0.3) is 0 Å². The van der Waals surface area contributed by atoms with E-state index in [0.717, 1.165) is 18.2 Å². The van der Waals surface area contributed by atoms with Crippen LogP contribution in [-0.4, -0.2) is 6.29 Å². The topological polar surface area (TPSA) is 26.3 Å². The van der Waals surface area contributed by atoms with Crippen LogP contribution in [0.15, 0.2) is 34.8 Å². The first-order valence-corrected chi connectivity index (χ1v) is 6.79. The SMILES string of the molecule is O=Cc1c(Br)ccc(C(F)F)c1Oc1cc(F)ccc1Cl. The summed E-state index contributed by atoms with van der Waals surface area (Å²) >= 11 is 8.91. The van der Waals surface area contributed by atoms with Crippen molar-refractivity contribution in [2.45, 2.75) is 6.43 Å². The number of hydrogen-bond donors (Lipinski definition) is 0. The van der Waals surface area contributed by atoms with Gasteiger partial charge < -0.3 is 4.74 Å². The molecule has 2 rings (SSSR count). The molecule has 0 amide bonds. The minimum atomic E-state index is -2.86. The van der Waals surface area contributed by atoms with Gasteiger partial charge in [-0.2, -0.15) is 0 Å². The third-order valence-corrected chi connectivity index (χ3v) is 3.64. The summed E-state index contributed by atoms with van der Waals surface area (Å²) in [5, 5.41) is 0.0356. The van der Waals surface area contributed by atoms with Gasteiger partial charge in [-0.25, -0.2) is 13.2 Å². The number of rotatable bonds is 4. The molecule has 0 atom stereocenters. The van der Waals surface area contributed by atoms with Crippen LogP contribution >= 0.6 is 27.5 Å². The second kappa shape index (κ2) is 6.49. The Bertz CT molecular complexity index is 692. The summed E-state index contributed by atoms with van der Waals surface area (Å²) in [6, 6.07) is 5.71. The molecule has 0 saturated carbocycles. The normalized spacial score (nSPS) is 10.8. The molecule has 7 heteroatoms. The molecule has 0 radical (unpaired) electrons. The van der Waals surface area contributed by atoms with Crippen molar-refractivity contribution in [3.63, 3.8) is 0 Å². The van der Waals surface area contributed by atoms with Crippen LogP contribution in [0.4, 0.5) is 13.2 Å². The van der Waals surface area contributed by atoms with E-state index in [4.69, 9.17) is 16.3 Å². The second-order valence-corrected chi connectivity index (χ2v) is 5.24. The molecule has 2 aromatic carbocycles. The maximum atomic E-state index is 13.2. The molecule has 0 aromatic heterocycles. The highest BCUT2D eigenvalue weighted by Crippen LogP contribution is 2.40. The first-order chi connectivity index (χ1) is 9.93. The van der Waals surface area contributed by atoms with E-state index in [1.54, 1.807) is 0 Å². The van der Waals surface area contributed by atoms with Gasteiger partial charge in [-0.3, -0.25) is 4.79 Å². The maximum Gasteiger partial charge on any atom is 0.267 e. The predicted molar refractivity (Wildman–Crippen MR) is 76.0 cm³/mol. The van der Waals surface area contributed by atoms with Crippen molar-refractivity contribution >= 4 is 33.8 Å². The zero-order valence-corrected chi connectivity index (χ0v) is 12.6. The first-order valence-electron chi connectivity index (χ1n) is 5.62. The van der Waals surface area contributed by atoms with Crippen molar-refractivity contribution < 1.29 is 22.7 Å². The number of alkyl halides is 2. The minimum Gasteiger partial charge on any atom is -0.454 e. The monoisotopic (exact) mass is 378 g/mol. The highest BCUT2D eigenvalue weighted by Gasteiger charge is 2.21. The molecule has 0 bridgehead atoms. The van der Waals surface area contributed by atoms with Crippen LogP contribution in [0.3, 0.4) is 0 Å². The van der Waals surface area contributed by atoms with E-state index in [2.05, 4.69) is 15.9 Å². The average Bonchev–Trinajstić information content (AvgIpc) is 2.43. The quantitative estimate of drug-likeness (QED) is 0.629. The smallest absolute Gasteiger partial charge is 0.267 e. The number of carbonyl (C=O) groups excluding carboxylic acids is 1. The first kappa shape index (κ1) is 15.9. The van der Waals surface area contributed by atoms with Crippen LogP contribution in [0.1, 0.15) is 22.3 Å². The van der Waals surface area contributed by atoms with Crippen LogP contribution in [0.5, 0.6) is 11.5 Å². The molecule has 0 unspecified atom stereocenters. The predicted octanol–water partition coefficient (Wildman–Crippen LogP) is 5.78. The van der Waals surface area contributed by atoms with Gasteiger partial charge in [0.2, 0.25) is 0 Å². The lowest BCUT2D eigenvalue weighted by molar-refractivity contribution is 0.111. The van der Waals surface area contributed by atoms with Crippen LogP contribution < -0.4 is 4.74 Å². The molecule has 2 nitrogen and oxygen atoms in total. The molecule has 110 valence electrons. The van der Waals surface area contributed by atoms with Gasteiger partial charge in [0.1, 0.15) is 17.3 Å². The van der Waals surface area contributed by atoms with E-state index in [0.29, 0.717) is 6.29 Å². The summed E-state index contributed by atoms with van der Waals surface area (Å²) in [7, 11) is 0. The fourth-order valence-electron chi connectivity index (χ4n) is 1.65. The molecule has 0 aliphatic heterocycles. The molecule has 0 saturated heterocycles. The molecule has 21 heavy (non-hydrogen) atoms. The summed E-state index contributed by atoms with van der Waals surface area (Å²) in [6.45, 7) is 0. The number of carbonyl (C=O) groups is 1. The van der Waals surface area contributed by atoms with Gasteiger partial charge in [0.25, 0.3) is 6.43 Å². The second-order valence-electron chi connectivity index (χ2n) is 3.97. The Morgan fingerprint density at radius 2 is 1.95 bits per heavy atom. The summed E-state index contributed by atoms with van der Waals surface area (Å²) in [5.74, 6) is -1.16. The fraction of sp³-hybridized carbons (Fsp3) is 0.0714. The van der Waals surface area contributed by atoms with Crippen LogP contribution in [0.2, 0.25) is 5.02 Å². The Balaban J connectivity index is 2.59. The van der Waals surface area contributed by atoms with Gasteiger partial charge in [0.05, 0.1) is 16.1 Å². The Morgan fingerprint density at radius 3 is 2.57 bits per heavy atom. The number of ether oxygens (including phenoxy) is 1. The number of hydrogen-bond acceptors (Lipinski definition) is 2. The highest BCUT2D eigenvalue weighted by molar-refractivity contribution is 9.10. The van der Waals surface area contributed by atoms with Crippen molar-refractivity contribution in [3.8, 4) is 11.5 Å². The zero-order valence-electron chi connectivity index (χ0n) is 10.2. The Labute approximate surface area is 131 Å². The molecule has 0 aliphatic rings. The summed E-state index contributed by atoms with van der Waals surface area (Å²) in [5.41, 5.74) is -0.589. The van der Waals surface area contributed by atoms with Gasteiger partial charge in [0.15, 0.2) is 6.29 Å². The Morgan fingerprint density at radius 1 is 1.24 bits per heavy atom. The Kier molecular flexibility index (Phi) is 4.90. The molecule has 0 spiro atoms. The summed E-state index contributed by atoms with van der Waals surface area (Å²) in [6.07, 6.45) is -2.49. The third-order valence-electron chi connectivity index (χ3n) is 2.63. The average molecular weight is 380 g/mol. The van der Waals surface area contributed by atoms with Gasteiger partial charge >= 0.3 is 0 Å². The van der Waals surface area contributed by atoms with Crippen molar-refractivity contribution in [1.82, 2.24) is 0 Å². The molecular formula is C14H7BrClF3O2. The lowest BCUT2D eigenvalue weighted by Crippen LogP contribution is -1.99. The largest absolute Gasteiger partial charge is 0.454 e. The lowest BCUT2D eigenvalue weighted by Gasteiger charge is -2.15. The van der Waals surface area contributed by atoms with E-state index in [1.807, 2.05) is 0 Å². The standard InChI is InChI=1S/C14H7BrClF3O2/c15-10-3-2-8(14(18)19)13(9(10)6-20)21-12-5-7(17)1-4-11(12)16/h1-6,14H. The van der Waals surface area contributed by atoms with Crippen molar-refractivity contribution in [2.24, 2.45) is 0 Å². The van der Waals surface area contributed by atoms with Crippen LogP contribution in [-0.2, 0) is 0 Å². The zero-order chi connectivity index (χ0) is 15.6. The van der Waals surface area contributed by atoms with E-state index < -0.39 is 17.8 Å². The van der Waals surface area contributed by atoms with Crippen LogP contribution in [0, 0.1) is 5.82 Å². The van der Waals surface area contributed by atoms with E-state index in [9.17, 15) is 18.0 Å².